The normalized spacial score (nSPS) is 9.50. The fourth-order valence-electron chi connectivity index (χ4n) is 0.143. The Kier molecular flexibility index (Phi) is 2.33. The number of rotatable bonds is 2. The van der Waals surface area contributed by atoms with Gasteiger partial charge in [-0.25, -0.2) is 9.59 Å². The standard InChI is InChI=1S/C4H4O4/c5-3(6)1-2-4(7)8/h1-2H,(H,5,6)(H,7,8)/b2-1-/i3+1,4+1. The Bertz CT molecular complexity index is 119. The molecule has 0 aliphatic heterocycles. The largest absolute Gasteiger partial charge is 0.478 e. The molecular weight excluding hydrogens is 114 g/mol. The number of carboxylic acids is 2. The fourth-order valence-corrected chi connectivity index (χ4v) is 0.143. The Hall–Kier alpha value is -1.32. The molecule has 2 N–H and O–H groups in total. The van der Waals surface area contributed by atoms with E-state index in [1.54, 1.807) is 0 Å². The van der Waals surface area contributed by atoms with Crippen LogP contribution in [0.15, 0.2) is 12.2 Å². The van der Waals surface area contributed by atoms with Crippen LogP contribution >= 0.6 is 0 Å². The summed E-state index contributed by atoms with van der Waals surface area (Å²) in [5, 5.41) is 15.6. The van der Waals surface area contributed by atoms with Gasteiger partial charge in [0, 0.05) is 12.2 Å². The predicted molar refractivity (Wildman–Crippen MR) is 24.4 cm³/mol. The molecule has 0 aliphatic carbocycles. The third kappa shape index (κ3) is 4.68. The highest BCUT2D eigenvalue weighted by molar-refractivity contribution is 5.89. The summed E-state index contributed by atoms with van der Waals surface area (Å²) in [4.78, 5) is 19.1. The second kappa shape index (κ2) is 2.79. The molecule has 0 aromatic heterocycles. The first-order chi connectivity index (χ1) is 3.63. The van der Waals surface area contributed by atoms with Crippen molar-refractivity contribution >= 4 is 11.9 Å². The molecule has 0 saturated carbocycles. The summed E-state index contributed by atoms with van der Waals surface area (Å²) in [6.07, 6.45) is 1.12. The first-order valence-corrected chi connectivity index (χ1v) is 1.77. The SMILES string of the molecule is O=[13C](O)/C=C\[13C](=O)O. The van der Waals surface area contributed by atoms with Gasteiger partial charge in [-0.2, -0.15) is 0 Å². The van der Waals surface area contributed by atoms with Crippen LogP contribution in [0, 0.1) is 0 Å². The van der Waals surface area contributed by atoms with Crippen LogP contribution in [-0.4, -0.2) is 22.2 Å². The Morgan fingerprint density at radius 3 is 1.38 bits per heavy atom. The lowest BCUT2D eigenvalue weighted by Crippen LogP contribution is -1.91. The summed E-state index contributed by atoms with van der Waals surface area (Å²) in [6.45, 7) is 0. The van der Waals surface area contributed by atoms with Crippen molar-refractivity contribution in [1.29, 1.82) is 0 Å². The van der Waals surface area contributed by atoms with Gasteiger partial charge in [0.25, 0.3) is 0 Å². The van der Waals surface area contributed by atoms with Crippen molar-refractivity contribution in [2.45, 2.75) is 0 Å². The number of hydrogen-bond donors (Lipinski definition) is 2. The van der Waals surface area contributed by atoms with Crippen LogP contribution < -0.4 is 0 Å². The van der Waals surface area contributed by atoms with Crippen LogP contribution in [0.3, 0.4) is 0 Å². The van der Waals surface area contributed by atoms with Gasteiger partial charge in [-0.1, -0.05) is 0 Å². The van der Waals surface area contributed by atoms with Gasteiger partial charge in [0.1, 0.15) is 0 Å². The van der Waals surface area contributed by atoms with Gasteiger partial charge >= 0.3 is 11.9 Å². The molecule has 0 atom stereocenters. The zero-order valence-electron chi connectivity index (χ0n) is 3.87. The van der Waals surface area contributed by atoms with Crippen LogP contribution in [-0.2, 0) is 9.59 Å². The van der Waals surface area contributed by atoms with Crippen LogP contribution in [0.5, 0.6) is 0 Å². The highest BCUT2D eigenvalue weighted by Crippen LogP contribution is 1.70. The fraction of sp³-hybridized carbons (Fsp3) is 0. The lowest BCUT2D eigenvalue weighted by Gasteiger charge is -1.74. The minimum absolute atomic E-state index is 0.558. The van der Waals surface area contributed by atoms with Crippen LogP contribution in [0.2, 0.25) is 0 Å². The zero-order valence-corrected chi connectivity index (χ0v) is 3.87. The molecule has 0 aromatic rings. The first-order valence-electron chi connectivity index (χ1n) is 1.77. The summed E-state index contributed by atoms with van der Waals surface area (Å²) in [5.41, 5.74) is 0. The smallest absolute Gasteiger partial charge is 0.328 e. The lowest BCUT2D eigenvalue weighted by molar-refractivity contribution is -0.134. The van der Waals surface area contributed by atoms with Crippen molar-refractivity contribution in [2.24, 2.45) is 0 Å². The zero-order chi connectivity index (χ0) is 6.57. The highest BCUT2D eigenvalue weighted by Gasteiger charge is 1.88. The van der Waals surface area contributed by atoms with Gasteiger partial charge in [0.2, 0.25) is 0 Å². The minimum Gasteiger partial charge on any atom is -0.478 e. The molecule has 0 bridgehead atoms. The molecule has 0 fully saturated rings. The molecule has 0 heterocycles. The van der Waals surface area contributed by atoms with Crippen molar-refractivity contribution in [3.05, 3.63) is 12.2 Å². The quantitative estimate of drug-likeness (QED) is 0.386. The Balaban J connectivity index is 3.67. The minimum atomic E-state index is -1.26. The van der Waals surface area contributed by atoms with E-state index in [9.17, 15) is 9.59 Å². The van der Waals surface area contributed by atoms with Gasteiger partial charge in [0.15, 0.2) is 0 Å². The third-order valence-corrected chi connectivity index (χ3v) is 0.368. The van der Waals surface area contributed by atoms with Crippen LogP contribution in [0.4, 0.5) is 0 Å². The van der Waals surface area contributed by atoms with E-state index in [0.717, 1.165) is 0 Å². The Morgan fingerprint density at radius 1 is 1.00 bits per heavy atom. The van der Waals surface area contributed by atoms with Gasteiger partial charge in [-0.05, 0) is 0 Å². The average molecular weight is 118 g/mol. The molecule has 44 valence electrons. The second-order valence-corrected chi connectivity index (χ2v) is 1.01. The molecule has 0 rings (SSSR count). The average Bonchev–Trinajstić information content (AvgIpc) is 1.61. The van der Waals surface area contributed by atoms with E-state index in [-0.39, 0.29) is 0 Å². The van der Waals surface area contributed by atoms with E-state index in [1.807, 2.05) is 0 Å². The lowest BCUT2D eigenvalue weighted by atomic mass is 10.8. The third-order valence-electron chi connectivity index (χ3n) is 0.368. The van der Waals surface area contributed by atoms with Gasteiger partial charge in [-0.3, -0.25) is 0 Å². The monoisotopic (exact) mass is 118 g/mol. The van der Waals surface area contributed by atoms with E-state index < -0.39 is 11.9 Å². The van der Waals surface area contributed by atoms with E-state index in [2.05, 4.69) is 0 Å². The Morgan fingerprint density at radius 2 is 1.25 bits per heavy atom. The molecule has 0 unspecified atom stereocenters. The number of hydrogen-bond acceptors (Lipinski definition) is 2. The van der Waals surface area contributed by atoms with Crippen LogP contribution in [0.1, 0.15) is 0 Å². The number of carboxylic acid groups (broad SMARTS) is 2. The summed E-state index contributed by atoms with van der Waals surface area (Å²) in [6, 6.07) is 0. The van der Waals surface area contributed by atoms with Gasteiger partial charge in [0.05, 0.1) is 0 Å². The second-order valence-electron chi connectivity index (χ2n) is 1.01. The van der Waals surface area contributed by atoms with E-state index >= 15 is 0 Å². The van der Waals surface area contributed by atoms with Crippen molar-refractivity contribution in [3.63, 3.8) is 0 Å². The van der Waals surface area contributed by atoms with E-state index in [1.165, 1.54) is 0 Å². The van der Waals surface area contributed by atoms with E-state index in [0.29, 0.717) is 12.2 Å². The van der Waals surface area contributed by atoms with Crippen molar-refractivity contribution < 1.29 is 19.8 Å². The van der Waals surface area contributed by atoms with Gasteiger partial charge < -0.3 is 10.2 Å². The van der Waals surface area contributed by atoms with Crippen molar-refractivity contribution in [3.8, 4) is 0 Å². The number of aliphatic carboxylic acids is 2. The molecule has 4 heteroatoms. The molecule has 0 radical (unpaired) electrons. The number of carbonyl (C=O) groups is 2. The molecule has 8 heavy (non-hydrogen) atoms. The predicted octanol–water partition coefficient (Wildman–Crippen LogP) is -0.288. The maximum Gasteiger partial charge on any atom is 0.328 e. The molecule has 0 aromatic carbocycles. The van der Waals surface area contributed by atoms with Gasteiger partial charge in [-0.15, -0.1) is 0 Å². The maximum absolute atomic E-state index is 9.55. The summed E-state index contributed by atoms with van der Waals surface area (Å²) >= 11 is 0. The first kappa shape index (κ1) is 6.68. The topological polar surface area (TPSA) is 74.6 Å². The Labute approximate surface area is 45.1 Å². The molecular formula is C4H4O4. The molecule has 4 nitrogen and oxygen atoms in total. The molecule has 0 aliphatic rings. The molecule has 0 spiro atoms. The maximum atomic E-state index is 9.55. The summed E-state index contributed by atoms with van der Waals surface area (Å²) in [7, 11) is 0. The van der Waals surface area contributed by atoms with Crippen LogP contribution in [0.25, 0.3) is 0 Å². The summed E-state index contributed by atoms with van der Waals surface area (Å²) < 4.78 is 0. The van der Waals surface area contributed by atoms with Crippen molar-refractivity contribution in [2.75, 3.05) is 0 Å². The molecule has 0 amide bonds. The van der Waals surface area contributed by atoms with E-state index in [4.69, 9.17) is 10.2 Å². The highest BCUT2D eigenvalue weighted by atomic mass is 16.5. The molecule has 0 saturated heterocycles. The summed E-state index contributed by atoms with van der Waals surface area (Å²) in [5.74, 6) is -2.51. The van der Waals surface area contributed by atoms with Crippen molar-refractivity contribution in [1.82, 2.24) is 0 Å².